The van der Waals surface area contributed by atoms with Gasteiger partial charge in [-0.15, -0.1) is 0 Å². The summed E-state index contributed by atoms with van der Waals surface area (Å²) in [6, 6.07) is 14.4. The summed E-state index contributed by atoms with van der Waals surface area (Å²) in [6.07, 6.45) is 1.39. The number of halogens is 1. The van der Waals surface area contributed by atoms with E-state index < -0.39 is 5.91 Å². The molecule has 0 bridgehead atoms. The Morgan fingerprint density at radius 2 is 1.96 bits per heavy atom. The minimum absolute atomic E-state index is 0.0790. The zero-order valence-corrected chi connectivity index (χ0v) is 15.9. The van der Waals surface area contributed by atoms with Crippen LogP contribution in [0.1, 0.15) is 0 Å². The number of carbonyl (C=O) groups excluding carboxylic acids is 1. The molecule has 2 aromatic carbocycles. The third-order valence-electron chi connectivity index (χ3n) is 4.23. The maximum atomic E-state index is 12.4. The van der Waals surface area contributed by atoms with Crippen molar-refractivity contribution in [3.8, 4) is 6.07 Å². The summed E-state index contributed by atoms with van der Waals surface area (Å²) >= 11 is 6.07. The number of para-hydroxylation sites is 2. The van der Waals surface area contributed by atoms with Crippen LogP contribution < -0.4 is 21.3 Å². The van der Waals surface area contributed by atoms with E-state index in [2.05, 4.69) is 15.5 Å². The molecular formula is C20H20ClN5O2. The number of nitrogens with one attached hydrogen (secondary N) is 2. The molecule has 0 radical (unpaired) electrons. The van der Waals surface area contributed by atoms with Crippen molar-refractivity contribution in [3.05, 3.63) is 59.3 Å². The number of hydrogen-bond donors (Lipinski definition) is 3. The number of nitriles is 1. The Morgan fingerprint density at radius 1 is 1.21 bits per heavy atom. The molecule has 4 N–H and O–H groups in total. The van der Waals surface area contributed by atoms with Gasteiger partial charge in [-0.2, -0.15) is 5.26 Å². The lowest BCUT2D eigenvalue weighted by Crippen LogP contribution is -2.36. The summed E-state index contributed by atoms with van der Waals surface area (Å²) < 4.78 is 5.39. The van der Waals surface area contributed by atoms with E-state index in [9.17, 15) is 10.1 Å². The van der Waals surface area contributed by atoms with Crippen molar-refractivity contribution in [2.75, 3.05) is 47.6 Å². The van der Waals surface area contributed by atoms with E-state index in [0.29, 0.717) is 29.6 Å². The van der Waals surface area contributed by atoms with Gasteiger partial charge in [0.2, 0.25) is 0 Å². The average Bonchev–Trinajstić information content (AvgIpc) is 2.71. The maximum absolute atomic E-state index is 12.4. The van der Waals surface area contributed by atoms with Crippen LogP contribution in [0.25, 0.3) is 0 Å². The van der Waals surface area contributed by atoms with Crippen molar-refractivity contribution in [1.29, 1.82) is 5.26 Å². The van der Waals surface area contributed by atoms with Crippen molar-refractivity contribution in [3.63, 3.8) is 0 Å². The Kier molecular flexibility index (Phi) is 6.37. The van der Waals surface area contributed by atoms with Gasteiger partial charge in [-0.1, -0.05) is 23.7 Å². The molecule has 0 spiro atoms. The van der Waals surface area contributed by atoms with Gasteiger partial charge in [0, 0.05) is 25.0 Å². The van der Waals surface area contributed by atoms with Crippen LogP contribution in [-0.4, -0.2) is 32.2 Å². The molecule has 1 aliphatic rings. The van der Waals surface area contributed by atoms with Crippen molar-refractivity contribution >= 4 is 40.3 Å². The molecule has 28 heavy (non-hydrogen) atoms. The van der Waals surface area contributed by atoms with E-state index >= 15 is 0 Å². The van der Waals surface area contributed by atoms with Gasteiger partial charge in [-0.05, 0) is 30.3 Å². The molecule has 144 valence electrons. The number of anilines is 4. The van der Waals surface area contributed by atoms with Crippen LogP contribution in [0.3, 0.4) is 0 Å². The van der Waals surface area contributed by atoms with Crippen molar-refractivity contribution < 1.29 is 9.53 Å². The number of benzene rings is 2. The number of amides is 1. The summed E-state index contributed by atoms with van der Waals surface area (Å²) in [5, 5.41) is 15.4. The minimum atomic E-state index is -0.564. The summed E-state index contributed by atoms with van der Waals surface area (Å²) in [5.74, 6) is -0.564. The van der Waals surface area contributed by atoms with Crippen LogP contribution in [0, 0.1) is 11.3 Å². The van der Waals surface area contributed by atoms with Crippen LogP contribution in [0.15, 0.2) is 54.2 Å². The highest BCUT2D eigenvalue weighted by Gasteiger charge is 2.15. The van der Waals surface area contributed by atoms with Crippen LogP contribution >= 0.6 is 11.6 Å². The van der Waals surface area contributed by atoms with Crippen LogP contribution in [-0.2, 0) is 9.53 Å². The lowest BCUT2D eigenvalue weighted by Gasteiger charge is -2.30. The van der Waals surface area contributed by atoms with E-state index in [4.69, 9.17) is 22.1 Å². The van der Waals surface area contributed by atoms with Gasteiger partial charge in [-0.25, -0.2) is 0 Å². The van der Waals surface area contributed by atoms with E-state index in [1.165, 1.54) is 12.3 Å². The Hall–Kier alpha value is -3.21. The number of nitrogens with two attached hydrogens (primary N) is 1. The lowest BCUT2D eigenvalue weighted by molar-refractivity contribution is -0.112. The standard InChI is InChI=1S/C20H20ClN5O2/c21-16-11-15(23)5-6-17(16)25-20(27)14(12-22)13-24-18-3-1-2-4-19(18)26-7-9-28-10-8-26/h1-6,11,13,24H,7-10,23H2,(H,25,27)/b14-13-. The van der Waals surface area contributed by atoms with Crippen molar-refractivity contribution in [2.45, 2.75) is 0 Å². The second-order valence-corrected chi connectivity index (χ2v) is 6.53. The van der Waals surface area contributed by atoms with Gasteiger partial charge in [0.15, 0.2) is 0 Å². The molecular weight excluding hydrogens is 378 g/mol. The summed E-state index contributed by atoms with van der Waals surface area (Å²) in [6.45, 7) is 2.89. The van der Waals surface area contributed by atoms with Crippen LogP contribution in [0.5, 0.6) is 0 Å². The molecule has 2 aromatic rings. The first-order valence-corrected chi connectivity index (χ1v) is 9.11. The largest absolute Gasteiger partial charge is 0.399 e. The molecule has 1 heterocycles. The molecule has 0 aliphatic carbocycles. The fraction of sp³-hybridized carbons (Fsp3) is 0.200. The number of morpholine rings is 1. The van der Waals surface area contributed by atoms with Gasteiger partial charge in [-0.3, -0.25) is 4.79 Å². The first-order chi connectivity index (χ1) is 13.6. The van der Waals surface area contributed by atoms with Gasteiger partial charge in [0.1, 0.15) is 11.6 Å². The van der Waals surface area contributed by atoms with Gasteiger partial charge < -0.3 is 26.0 Å². The van der Waals surface area contributed by atoms with Crippen LogP contribution in [0.4, 0.5) is 22.7 Å². The SMILES string of the molecule is N#C/C(=C/Nc1ccccc1N1CCOCC1)C(=O)Nc1ccc(N)cc1Cl. The Bertz CT molecular complexity index is 932. The quantitative estimate of drug-likeness (QED) is 0.406. The molecule has 0 atom stereocenters. The van der Waals surface area contributed by atoms with E-state index in [1.807, 2.05) is 30.3 Å². The van der Waals surface area contributed by atoms with Crippen molar-refractivity contribution in [2.24, 2.45) is 0 Å². The number of ether oxygens (including phenoxy) is 1. The Morgan fingerprint density at radius 3 is 2.68 bits per heavy atom. The second kappa shape index (κ2) is 9.13. The monoisotopic (exact) mass is 397 g/mol. The number of nitrogens with zero attached hydrogens (tertiary/aromatic N) is 2. The number of rotatable bonds is 5. The smallest absolute Gasteiger partial charge is 0.267 e. The molecule has 0 unspecified atom stereocenters. The van der Waals surface area contributed by atoms with E-state index in [0.717, 1.165) is 24.5 Å². The maximum Gasteiger partial charge on any atom is 0.267 e. The highest BCUT2D eigenvalue weighted by atomic mass is 35.5. The van der Waals surface area contributed by atoms with Gasteiger partial charge in [0.25, 0.3) is 5.91 Å². The molecule has 8 heteroatoms. The first kappa shape index (κ1) is 19.5. The zero-order valence-electron chi connectivity index (χ0n) is 15.1. The Balaban J connectivity index is 1.75. The second-order valence-electron chi connectivity index (χ2n) is 6.12. The van der Waals surface area contributed by atoms with Crippen molar-refractivity contribution in [1.82, 2.24) is 0 Å². The highest BCUT2D eigenvalue weighted by Crippen LogP contribution is 2.27. The predicted molar refractivity (Wildman–Crippen MR) is 111 cm³/mol. The Labute approximate surface area is 168 Å². The molecule has 7 nitrogen and oxygen atoms in total. The minimum Gasteiger partial charge on any atom is -0.399 e. The molecule has 0 saturated carbocycles. The third kappa shape index (κ3) is 4.74. The molecule has 1 saturated heterocycles. The fourth-order valence-electron chi connectivity index (χ4n) is 2.80. The average molecular weight is 398 g/mol. The summed E-state index contributed by atoms with van der Waals surface area (Å²) in [5.41, 5.74) is 8.23. The fourth-order valence-corrected chi connectivity index (χ4v) is 3.03. The number of carbonyl (C=O) groups is 1. The predicted octanol–water partition coefficient (Wildman–Crippen LogP) is 3.22. The molecule has 1 amide bonds. The summed E-state index contributed by atoms with van der Waals surface area (Å²) in [4.78, 5) is 14.6. The normalized spacial score (nSPS) is 14.3. The number of hydrogen-bond acceptors (Lipinski definition) is 6. The molecule has 1 aliphatic heterocycles. The molecule has 1 fully saturated rings. The molecule has 3 rings (SSSR count). The van der Waals surface area contributed by atoms with E-state index in [1.54, 1.807) is 12.1 Å². The van der Waals surface area contributed by atoms with Gasteiger partial charge >= 0.3 is 0 Å². The third-order valence-corrected chi connectivity index (χ3v) is 4.55. The van der Waals surface area contributed by atoms with Crippen LogP contribution in [0.2, 0.25) is 5.02 Å². The number of nitrogen functional groups attached to an aromatic ring is 1. The summed E-state index contributed by atoms with van der Waals surface area (Å²) in [7, 11) is 0. The zero-order chi connectivity index (χ0) is 19.9. The first-order valence-electron chi connectivity index (χ1n) is 8.73. The van der Waals surface area contributed by atoms with Gasteiger partial charge in [0.05, 0.1) is 35.3 Å². The van der Waals surface area contributed by atoms with E-state index in [-0.39, 0.29) is 5.57 Å². The molecule has 0 aromatic heterocycles. The topological polar surface area (TPSA) is 103 Å². The highest BCUT2D eigenvalue weighted by molar-refractivity contribution is 6.34. The lowest BCUT2D eigenvalue weighted by atomic mass is 10.2.